The summed E-state index contributed by atoms with van der Waals surface area (Å²) in [6, 6.07) is 19.1. The lowest BCUT2D eigenvalue weighted by molar-refractivity contribution is 0.0785. The number of hydrogen-bond acceptors (Lipinski definition) is 3. The molecule has 156 valence electrons. The van der Waals surface area contributed by atoms with E-state index in [0.29, 0.717) is 16.8 Å². The van der Waals surface area contributed by atoms with Gasteiger partial charge >= 0.3 is 0 Å². The molecular formula is C23H23FN2O3S. The number of amides is 1. The van der Waals surface area contributed by atoms with Crippen molar-refractivity contribution in [2.75, 3.05) is 18.4 Å². The number of benzene rings is 3. The maximum atomic E-state index is 13.4. The van der Waals surface area contributed by atoms with E-state index in [1.54, 1.807) is 61.6 Å². The minimum atomic E-state index is -3.76. The van der Waals surface area contributed by atoms with E-state index in [-0.39, 0.29) is 23.2 Å². The molecule has 3 aromatic rings. The number of hydrogen-bond donors (Lipinski definition) is 0. The van der Waals surface area contributed by atoms with Crippen LogP contribution in [0.2, 0.25) is 0 Å². The van der Waals surface area contributed by atoms with Crippen LogP contribution < -0.4 is 4.31 Å². The van der Waals surface area contributed by atoms with Gasteiger partial charge in [0.2, 0.25) is 0 Å². The van der Waals surface area contributed by atoms with E-state index in [1.165, 1.54) is 30.1 Å². The Morgan fingerprint density at radius 1 is 0.933 bits per heavy atom. The van der Waals surface area contributed by atoms with Gasteiger partial charge in [-0.15, -0.1) is 0 Å². The van der Waals surface area contributed by atoms with Gasteiger partial charge in [0, 0.05) is 26.2 Å². The Kier molecular flexibility index (Phi) is 6.22. The van der Waals surface area contributed by atoms with Crippen LogP contribution in [0.3, 0.4) is 0 Å². The third kappa shape index (κ3) is 4.68. The number of sulfonamides is 1. The molecule has 0 radical (unpaired) electrons. The summed E-state index contributed by atoms with van der Waals surface area (Å²) in [4.78, 5) is 14.5. The fourth-order valence-corrected chi connectivity index (χ4v) is 4.23. The van der Waals surface area contributed by atoms with Crippen LogP contribution in [0.15, 0.2) is 77.7 Å². The first-order valence-corrected chi connectivity index (χ1v) is 10.8. The highest BCUT2D eigenvalue weighted by Gasteiger charge is 2.22. The molecule has 1 amide bonds. The molecular weight excluding hydrogens is 403 g/mol. The summed E-state index contributed by atoms with van der Waals surface area (Å²) in [7, 11) is -0.687. The van der Waals surface area contributed by atoms with E-state index in [9.17, 15) is 17.6 Å². The van der Waals surface area contributed by atoms with Gasteiger partial charge in [-0.2, -0.15) is 0 Å². The molecule has 0 spiro atoms. The van der Waals surface area contributed by atoms with E-state index < -0.39 is 10.0 Å². The number of nitrogens with zero attached hydrogens (tertiary/aromatic N) is 2. The molecule has 0 unspecified atom stereocenters. The fraction of sp³-hybridized carbons (Fsp3) is 0.174. The minimum Gasteiger partial charge on any atom is -0.337 e. The second kappa shape index (κ2) is 8.67. The standard InChI is InChI=1S/C23H23FN2O3S/c1-17-10-12-22(13-11-17)30(28,29)26(3)21-9-5-7-19(15-21)23(27)25(2)16-18-6-4-8-20(24)14-18/h4-15H,16H2,1-3H3. The third-order valence-electron chi connectivity index (χ3n) is 4.79. The van der Waals surface area contributed by atoms with Crippen molar-refractivity contribution in [1.29, 1.82) is 0 Å². The molecule has 0 saturated carbocycles. The predicted octanol–water partition coefficient (Wildman–Crippen LogP) is 4.23. The van der Waals surface area contributed by atoms with E-state index in [4.69, 9.17) is 0 Å². The molecule has 3 aromatic carbocycles. The molecule has 0 saturated heterocycles. The zero-order chi connectivity index (χ0) is 21.9. The van der Waals surface area contributed by atoms with E-state index in [2.05, 4.69) is 0 Å². The smallest absolute Gasteiger partial charge is 0.264 e. The van der Waals surface area contributed by atoms with Gasteiger partial charge in [-0.3, -0.25) is 9.10 Å². The lowest BCUT2D eigenvalue weighted by Gasteiger charge is -2.22. The quantitative estimate of drug-likeness (QED) is 0.593. The van der Waals surface area contributed by atoms with Gasteiger partial charge in [0.15, 0.2) is 0 Å². The molecule has 0 N–H and O–H groups in total. The van der Waals surface area contributed by atoms with Gasteiger partial charge < -0.3 is 4.90 Å². The first-order chi connectivity index (χ1) is 14.2. The zero-order valence-corrected chi connectivity index (χ0v) is 17.9. The highest BCUT2D eigenvalue weighted by atomic mass is 32.2. The number of carbonyl (C=O) groups is 1. The molecule has 3 rings (SSSR count). The van der Waals surface area contributed by atoms with Crippen molar-refractivity contribution in [3.8, 4) is 0 Å². The second-order valence-corrected chi connectivity index (χ2v) is 9.10. The summed E-state index contributed by atoms with van der Waals surface area (Å²) < 4.78 is 40.4. The van der Waals surface area contributed by atoms with Crippen LogP contribution in [0.25, 0.3) is 0 Å². The molecule has 0 fully saturated rings. The van der Waals surface area contributed by atoms with Crippen molar-refractivity contribution in [3.63, 3.8) is 0 Å². The number of aryl methyl sites for hydroxylation is 1. The SMILES string of the molecule is Cc1ccc(S(=O)(=O)N(C)c2cccc(C(=O)N(C)Cc3cccc(F)c3)c2)cc1. The van der Waals surface area contributed by atoms with Gasteiger partial charge in [0.1, 0.15) is 5.82 Å². The normalized spacial score (nSPS) is 11.2. The molecule has 0 aromatic heterocycles. The summed E-state index contributed by atoms with van der Waals surface area (Å²) in [5.41, 5.74) is 2.35. The van der Waals surface area contributed by atoms with Gasteiger partial charge in [0.05, 0.1) is 10.6 Å². The largest absolute Gasteiger partial charge is 0.337 e. The Morgan fingerprint density at radius 3 is 2.27 bits per heavy atom. The molecule has 0 aliphatic heterocycles. The highest BCUT2D eigenvalue weighted by molar-refractivity contribution is 7.92. The molecule has 0 bridgehead atoms. The Labute approximate surface area is 176 Å². The average Bonchev–Trinajstić information content (AvgIpc) is 2.73. The first-order valence-electron chi connectivity index (χ1n) is 9.34. The molecule has 0 aliphatic carbocycles. The van der Waals surface area contributed by atoms with Gasteiger partial charge in [-0.25, -0.2) is 12.8 Å². The predicted molar refractivity (Wildman–Crippen MR) is 115 cm³/mol. The van der Waals surface area contributed by atoms with Gasteiger partial charge in [-0.05, 0) is 55.0 Å². The molecule has 5 nitrogen and oxygen atoms in total. The molecule has 0 heterocycles. The first kappa shape index (κ1) is 21.5. The summed E-state index contributed by atoms with van der Waals surface area (Å²) in [5.74, 6) is -0.652. The monoisotopic (exact) mass is 426 g/mol. The van der Waals surface area contributed by atoms with Crippen molar-refractivity contribution in [2.24, 2.45) is 0 Å². The van der Waals surface area contributed by atoms with E-state index in [1.807, 2.05) is 6.92 Å². The van der Waals surface area contributed by atoms with Crippen LogP contribution in [0, 0.1) is 12.7 Å². The summed E-state index contributed by atoms with van der Waals surface area (Å²) in [6.07, 6.45) is 0. The minimum absolute atomic E-state index is 0.176. The Bertz CT molecular complexity index is 1160. The summed E-state index contributed by atoms with van der Waals surface area (Å²) in [5, 5.41) is 0. The number of anilines is 1. The van der Waals surface area contributed by atoms with Crippen LogP contribution in [0.1, 0.15) is 21.5 Å². The lowest BCUT2D eigenvalue weighted by Crippen LogP contribution is -2.28. The third-order valence-corrected chi connectivity index (χ3v) is 6.59. The van der Waals surface area contributed by atoms with Crippen molar-refractivity contribution < 1.29 is 17.6 Å². The second-order valence-electron chi connectivity index (χ2n) is 7.13. The van der Waals surface area contributed by atoms with Gasteiger partial charge in [-0.1, -0.05) is 35.9 Å². The van der Waals surface area contributed by atoms with Crippen LogP contribution >= 0.6 is 0 Å². The van der Waals surface area contributed by atoms with Crippen LogP contribution in [0.5, 0.6) is 0 Å². The Morgan fingerprint density at radius 2 is 1.60 bits per heavy atom. The maximum Gasteiger partial charge on any atom is 0.264 e. The van der Waals surface area contributed by atoms with Crippen LogP contribution in [0.4, 0.5) is 10.1 Å². The fourth-order valence-electron chi connectivity index (χ4n) is 3.04. The topological polar surface area (TPSA) is 57.7 Å². The molecule has 0 aliphatic rings. The summed E-state index contributed by atoms with van der Waals surface area (Å²) in [6.45, 7) is 2.12. The lowest BCUT2D eigenvalue weighted by atomic mass is 10.1. The Hall–Kier alpha value is -3.19. The molecule has 0 atom stereocenters. The van der Waals surface area contributed by atoms with Crippen molar-refractivity contribution in [1.82, 2.24) is 4.90 Å². The maximum absolute atomic E-state index is 13.4. The average molecular weight is 427 g/mol. The highest BCUT2D eigenvalue weighted by Crippen LogP contribution is 2.24. The van der Waals surface area contributed by atoms with Crippen LogP contribution in [-0.4, -0.2) is 33.3 Å². The van der Waals surface area contributed by atoms with Crippen molar-refractivity contribution >= 4 is 21.6 Å². The van der Waals surface area contributed by atoms with Crippen molar-refractivity contribution in [3.05, 3.63) is 95.3 Å². The Balaban J connectivity index is 1.82. The number of halogens is 1. The summed E-state index contributed by atoms with van der Waals surface area (Å²) >= 11 is 0. The number of rotatable bonds is 6. The van der Waals surface area contributed by atoms with E-state index in [0.717, 1.165) is 9.87 Å². The molecule has 30 heavy (non-hydrogen) atoms. The van der Waals surface area contributed by atoms with Gasteiger partial charge in [0.25, 0.3) is 15.9 Å². The zero-order valence-electron chi connectivity index (χ0n) is 17.0. The number of carbonyl (C=O) groups excluding carboxylic acids is 1. The molecule has 7 heteroatoms. The van der Waals surface area contributed by atoms with Crippen molar-refractivity contribution in [2.45, 2.75) is 18.4 Å². The van der Waals surface area contributed by atoms with E-state index >= 15 is 0 Å². The van der Waals surface area contributed by atoms with Crippen LogP contribution in [-0.2, 0) is 16.6 Å².